The summed E-state index contributed by atoms with van der Waals surface area (Å²) in [5, 5.41) is 0. The summed E-state index contributed by atoms with van der Waals surface area (Å²) in [6, 6.07) is 5.02. The molecule has 0 saturated heterocycles. The van der Waals surface area contributed by atoms with Crippen molar-refractivity contribution in [2.45, 2.75) is 26.7 Å². The van der Waals surface area contributed by atoms with Crippen molar-refractivity contribution in [2.75, 3.05) is 29.4 Å². The summed E-state index contributed by atoms with van der Waals surface area (Å²) in [6.07, 6.45) is 1.51. The second-order valence-corrected chi connectivity index (χ2v) is 6.27. The van der Waals surface area contributed by atoms with Crippen LogP contribution in [0, 0.1) is 0 Å². The van der Waals surface area contributed by atoms with E-state index in [1.165, 1.54) is 11.4 Å². The summed E-state index contributed by atoms with van der Waals surface area (Å²) in [5.74, 6) is 0.703. The predicted octanol–water partition coefficient (Wildman–Crippen LogP) is 2.23. The first kappa shape index (κ1) is 15.6. The van der Waals surface area contributed by atoms with Crippen molar-refractivity contribution in [3.05, 3.63) is 18.2 Å². The zero-order valence-electron chi connectivity index (χ0n) is 11.7. The smallest absolute Gasteiger partial charge is 0.235 e. The normalized spacial score (nSPS) is 11.3. The van der Waals surface area contributed by atoms with Gasteiger partial charge in [0.1, 0.15) is 5.75 Å². The van der Waals surface area contributed by atoms with Gasteiger partial charge in [0.25, 0.3) is 0 Å². The Labute approximate surface area is 115 Å². The maximum absolute atomic E-state index is 12.2. The molecule has 1 aromatic rings. The Kier molecular flexibility index (Phi) is 5.47. The molecule has 1 aromatic carbocycles. The van der Waals surface area contributed by atoms with Crippen LogP contribution in [0.3, 0.4) is 0 Å². The highest BCUT2D eigenvalue weighted by Gasteiger charge is 2.20. The maximum Gasteiger partial charge on any atom is 0.235 e. The van der Waals surface area contributed by atoms with E-state index in [1.54, 1.807) is 18.2 Å². The predicted molar refractivity (Wildman–Crippen MR) is 79.1 cm³/mol. The molecule has 0 radical (unpaired) electrons. The van der Waals surface area contributed by atoms with E-state index >= 15 is 0 Å². The topological polar surface area (TPSA) is 72.6 Å². The Morgan fingerprint density at radius 2 is 2.00 bits per heavy atom. The third kappa shape index (κ3) is 3.76. The molecule has 1 rings (SSSR count). The molecule has 0 fully saturated rings. The summed E-state index contributed by atoms with van der Waals surface area (Å²) < 4.78 is 30.9. The molecule has 0 aliphatic heterocycles. The van der Waals surface area contributed by atoms with Gasteiger partial charge in [-0.25, -0.2) is 8.42 Å². The van der Waals surface area contributed by atoms with Gasteiger partial charge in [-0.15, -0.1) is 0 Å². The van der Waals surface area contributed by atoms with Crippen LogP contribution >= 0.6 is 0 Å². The number of methoxy groups -OCH3 is 1. The van der Waals surface area contributed by atoms with Crippen LogP contribution in [0.4, 0.5) is 11.4 Å². The molecule has 0 heterocycles. The molecule has 19 heavy (non-hydrogen) atoms. The number of anilines is 2. The third-order valence-electron chi connectivity index (χ3n) is 2.88. The second kappa shape index (κ2) is 6.65. The summed E-state index contributed by atoms with van der Waals surface area (Å²) in [5.41, 5.74) is 6.84. The molecular weight excluding hydrogens is 264 g/mol. The van der Waals surface area contributed by atoms with Crippen molar-refractivity contribution in [3.63, 3.8) is 0 Å². The lowest BCUT2D eigenvalue weighted by Crippen LogP contribution is -2.32. The molecular formula is C13H22N2O3S. The molecule has 108 valence electrons. The standard InChI is InChI=1S/C13H22N2O3S/c1-4-6-9-19(16,17)15(5-2)11-7-8-13(18-3)12(14)10-11/h7-8,10H,4-6,9,14H2,1-3H3. The average molecular weight is 286 g/mol. The minimum Gasteiger partial charge on any atom is -0.495 e. The van der Waals surface area contributed by atoms with E-state index in [0.717, 1.165) is 6.42 Å². The van der Waals surface area contributed by atoms with E-state index in [0.29, 0.717) is 30.1 Å². The molecule has 0 aromatic heterocycles. The number of hydrogen-bond acceptors (Lipinski definition) is 4. The monoisotopic (exact) mass is 286 g/mol. The summed E-state index contributed by atoms with van der Waals surface area (Å²) >= 11 is 0. The van der Waals surface area contributed by atoms with Crippen LogP contribution in [-0.2, 0) is 10.0 Å². The van der Waals surface area contributed by atoms with Gasteiger partial charge < -0.3 is 10.5 Å². The van der Waals surface area contributed by atoms with Crippen LogP contribution in [0.15, 0.2) is 18.2 Å². The van der Waals surface area contributed by atoms with Crippen LogP contribution < -0.4 is 14.8 Å². The van der Waals surface area contributed by atoms with E-state index in [4.69, 9.17) is 10.5 Å². The van der Waals surface area contributed by atoms with E-state index in [9.17, 15) is 8.42 Å². The lowest BCUT2D eigenvalue weighted by molar-refractivity contribution is 0.417. The Balaban J connectivity index is 3.06. The van der Waals surface area contributed by atoms with Crippen molar-refractivity contribution in [1.82, 2.24) is 0 Å². The molecule has 0 atom stereocenters. The number of nitrogens with zero attached hydrogens (tertiary/aromatic N) is 1. The van der Waals surface area contributed by atoms with Crippen molar-refractivity contribution >= 4 is 21.4 Å². The Morgan fingerprint density at radius 1 is 1.32 bits per heavy atom. The molecule has 0 saturated carbocycles. The molecule has 0 unspecified atom stereocenters. The molecule has 0 aliphatic rings. The molecule has 0 aliphatic carbocycles. The quantitative estimate of drug-likeness (QED) is 0.780. The maximum atomic E-state index is 12.2. The van der Waals surface area contributed by atoms with Crippen molar-refractivity contribution in [2.24, 2.45) is 0 Å². The van der Waals surface area contributed by atoms with Gasteiger partial charge in [0.15, 0.2) is 0 Å². The van der Waals surface area contributed by atoms with Crippen LogP contribution in [-0.4, -0.2) is 27.8 Å². The number of rotatable bonds is 7. The first-order valence-electron chi connectivity index (χ1n) is 6.40. The van der Waals surface area contributed by atoms with E-state index in [1.807, 2.05) is 13.8 Å². The first-order chi connectivity index (χ1) is 8.96. The lowest BCUT2D eigenvalue weighted by atomic mass is 10.2. The lowest BCUT2D eigenvalue weighted by Gasteiger charge is -2.23. The van der Waals surface area contributed by atoms with Gasteiger partial charge in [0, 0.05) is 6.54 Å². The van der Waals surface area contributed by atoms with Gasteiger partial charge in [-0.2, -0.15) is 0 Å². The fraction of sp³-hybridized carbons (Fsp3) is 0.538. The third-order valence-corrected chi connectivity index (χ3v) is 4.83. The molecule has 6 heteroatoms. The van der Waals surface area contributed by atoms with Crippen LogP contribution in [0.5, 0.6) is 5.75 Å². The number of nitrogen functional groups attached to an aromatic ring is 1. The number of benzene rings is 1. The fourth-order valence-corrected chi connectivity index (χ4v) is 3.56. The Bertz CT molecular complexity index is 515. The average Bonchev–Trinajstić information content (AvgIpc) is 2.37. The zero-order valence-corrected chi connectivity index (χ0v) is 12.5. The summed E-state index contributed by atoms with van der Waals surface area (Å²) in [7, 11) is -1.76. The molecule has 0 bridgehead atoms. The van der Waals surface area contributed by atoms with Crippen molar-refractivity contribution in [3.8, 4) is 5.75 Å². The highest BCUT2D eigenvalue weighted by atomic mass is 32.2. The minimum atomic E-state index is -3.29. The van der Waals surface area contributed by atoms with Crippen LogP contribution in [0.25, 0.3) is 0 Å². The Morgan fingerprint density at radius 3 is 2.47 bits per heavy atom. The van der Waals surface area contributed by atoms with Gasteiger partial charge in [0.05, 0.1) is 24.2 Å². The van der Waals surface area contributed by atoms with Crippen molar-refractivity contribution in [1.29, 1.82) is 0 Å². The Hall–Kier alpha value is -1.43. The number of nitrogens with two attached hydrogens (primary N) is 1. The van der Waals surface area contributed by atoms with Gasteiger partial charge in [-0.1, -0.05) is 13.3 Å². The summed E-state index contributed by atoms with van der Waals surface area (Å²) in [6.45, 7) is 4.17. The van der Waals surface area contributed by atoms with E-state index < -0.39 is 10.0 Å². The van der Waals surface area contributed by atoms with Gasteiger partial charge in [-0.05, 0) is 31.5 Å². The number of sulfonamides is 1. The van der Waals surface area contributed by atoms with Gasteiger partial charge in [0.2, 0.25) is 10.0 Å². The van der Waals surface area contributed by atoms with E-state index in [2.05, 4.69) is 0 Å². The highest BCUT2D eigenvalue weighted by Crippen LogP contribution is 2.28. The van der Waals surface area contributed by atoms with E-state index in [-0.39, 0.29) is 5.75 Å². The number of unbranched alkanes of at least 4 members (excludes halogenated alkanes) is 1. The zero-order chi connectivity index (χ0) is 14.5. The second-order valence-electron chi connectivity index (χ2n) is 4.26. The van der Waals surface area contributed by atoms with Crippen LogP contribution in [0.2, 0.25) is 0 Å². The molecule has 0 spiro atoms. The fourth-order valence-electron chi connectivity index (χ4n) is 1.85. The van der Waals surface area contributed by atoms with Crippen molar-refractivity contribution < 1.29 is 13.2 Å². The highest BCUT2D eigenvalue weighted by molar-refractivity contribution is 7.92. The largest absolute Gasteiger partial charge is 0.495 e. The first-order valence-corrected chi connectivity index (χ1v) is 8.01. The van der Waals surface area contributed by atoms with Crippen LogP contribution in [0.1, 0.15) is 26.7 Å². The molecule has 2 N–H and O–H groups in total. The SMILES string of the molecule is CCCCS(=O)(=O)N(CC)c1ccc(OC)c(N)c1. The summed E-state index contributed by atoms with van der Waals surface area (Å²) in [4.78, 5) is 0. The number of ether oxygens (including phenoxy) is 1. The van der Waals surface area contributed by atoms with Gasteiger partial charge in [-0.3, -0.25) is 4.31 Å². The van der Waals surface area contributed by atoms with Gasteiger partial charge >= 0.3 is 0 Å². The number of hydrogen-bond donors (Lipinski definition) is 1. The molecule has 0 amide bonds. The molecule has 5 nitrogen and oxygen atoms in total. The minimum absolute atomic E-state index is 0.156.